The van der Waals surface area contributed by atoms with Crippen LogP contribution in [0.2, 0.25) is 0 Å². The van der Waals surface area contributed by atoms with E-state index in [1.807, 2.05) is 60.7 Å². The predicted molar refractivity (Wildman–Crippen MR) is 95.3 cm³/mol. The Morgan fingerprint density at radius 1 is 0.870 bits per heavy atom. The molecule has 0 unspecified atom stereocenters. The Labute approximate surface area is 138 Å². The van der Waals surface area contributed by atoms with Crippen LogP contribution in [0.3, 0.4) is 0 Å². The molecule has 0 spiro atoms. The SMILES string of the molecule is CCN(CC)CCN(Nc1ccccc1)C(=O)c1ccccc1. The van der Waals surface area contributed by atoms with Crippen LogP contribution in [-0.2, 0) is 0 Å². The van der Waals surface area contributed by atoms with Gasteiger partial charge < -0.3 is 4.90 Å². The molecule has 1 N–H and O–H groups in total. The molecule has 0 saturated carbocycles. The number of anilines is 1. The molecule has 0 bridgehead atoms. The fourth-order valence-electron chi connectivity index (χ4n) is 2.39. The number of amides is 1. The molecule has 0 aromatic heterocycles. The summed E-state index contributed by atoms with van der Waals surface area (Å²) >= 11 is 0. The number of hydrogen-bond donors (Lipinski definition) is 1. The van der Waals surface area contributed by atoms with Crippen LogP contribution in [0, 0.1) is 0 Å². The van der Waals surface area contributed by atoms with Crippen molar-refractivity contribution < 1.29 is 4.79 Å². The molecule has 4 nitrogen and oxygen atoms in total. The van der Waals surface area contributed by atoms with Crippen molar-refractivity contribution in [2.24, 2.45) is 0 Å². The second kappa shape index (κ2) is 8.96. The first kappa shape index (κ1) is 17.0. The van der Waals surface area contributed by atoms with Gasteiger partial charge in [-0.15, -0.1) is 0 Å². The van der Waals surface area contributed by atoms with Crippen LogP contribution < -0.4 is 5.43 Å². The van der Waals surface area contributed by atoms with Crippen molar-refractivity contribution in [2.75, 3.05) is 31.6 Å². The van der Waals surface area contributed by atoms with Crippen LogP contribution in [0.15, 0.2) is 60.7 Å². The molecule has 23 heavy (non-hydrogen) atoms. The number of nitrogens with zero attached hydrogens (tertiary/aromatic N) is 2. The summed E-state index contributed by atoms with van der Waals surface area (Å²) < 4.78 is 0. The van der Waals surface area contributed by atoms with Crippen LogP contribution in [-0.4, -0.2) is 42.0 Å². The second-order valence-electron chi connectivity index (χ2n) is 5.33. The van der Waals surface area contributed by atoms with Gasteiger partial charge in [-0.25, -0.2) is 0 Å². The third kappa shape index (κ3) is 5.11. The molecule has 0 atom stereocenters. The number of carbonyl (C=O) groups excluding carboxylic acids is 1. The summed E-state index contributed by atoms with van der Waals surface area (Å²) in [6.07, 6.45) is 0. The van der Waals surface area contributed by atoms with Crippen molar-refractivity contribution in [3.8, 4) is 0 Å². The third-order valence-electron chi connectivity index (χ3n) is 3.84. The number of benzene rings is 2. The van der Waals surface area contributed by atoms with Gasteiger partial charge in [0.15, 0.2) is 0 Å². The maximum absolute atomic E-state index is 12.8. The maximum atomic E-state index is 12.8. The number of carbonyl (C=O) groups is 1. The van der Waals surface area contributed by atoms with Gasteiger partial charge in [-0.2, -0.15) is 0 Å². The van der Waals surface area contributed by atoms with E-state index in [1.54, 1.807) is 5.01 Å². The minimum atomic E-state index is -0.0124. The molecule has 1 amide bonds. The van der Waals surface area contributed by atoms with Gasteiger partial charge in [0.25, 0.3) is 5.91 Å². The quantitative estimate of drug-likeness (QED) is 0.758. The zero-order valence-corrected chi connectivity index (χ0v) is 13.9. The smallest absolute Gasteiger partial charge is 0.272 e. The van der Waals surface area contributed by atoms with Crippen molar-refractivity contribution in [3.63, 3.8) is 0 Å². The lowest BCUT2D eigenvalue weighted by Gasteiger charge is -2.27. The second-order valence-corrected chi connectivity index (χ2v) is 5.33. The van der Waals surface area contributed by atoms with Gasteiger partial charge >= 0.3 is 0 Å². The minimum Gasteiger partial charge on any atom is -0.302 e. The normalized spacial score (nSPS) is 10.6. The van der Waals surface area contributed by atoms with Gasteiger partial charge in [-0.1, -0.05) is 50.2 Å². The molecule has 2 aromatic rings. The highest BCUT2D eigenvalue weighted by Gasteiger charge is 2.16. The molecular formula is C19H25N3O. The van der Waals surface area contributed by atoms with E-state index in [0.29, 0.717) is 12.1 Å². The first-order valence-corrected chi connectivity index (χ1v) is 8.15. The lowest BCUT2D eigenvalue weighted by Crippen LogP contribution is -2.42. The first-order valence-electron chi connectivity index (χ1n) is 8.15. The summed E-state index contributed by atoms with van der Waals surface area (Å²) in [4.78, 5) is 15.1. The van der Waals surface area contributed by atoms with E-state index >= 15 is 0 Å². The lowest BCUT2D eigenvalue weighted by molar-refractivity contribution is 0.0778. The molecule has 4 heteroatoms. The molecule has 0 fully saturated rings. The standard InChI is InChI=1S/C19H25N3O/c1-3-21(4-2)15-16-22(20-18-13-9-6-10-14-18)19(23)17-11-7-5-8-12-17/h5-14,20H,3-4,15-16H2,1-2H3. The minimum absolute atomic E-state index is 0.0124. The van der Waals surface area contributed by atoms with Gasteiger partial charge in [0, 0.05) is 12.1 Å². The highest BCUT2D eigenvalue weighted by molar-refractivity contribution is 5.94. The average molecular weight is 311 g/mol. The molecule has 0 saturated heterocycles. The largest absolute Gasteiger partial charge is 0.302 e. The summed E-state index contributed by atoms with van der Waals surface area (Å²) in [5.41, 5.74) is 4.84. The monoisotopic (exact) mass is 311 g/mol. The van der Waals surface area contributed by atoms with Gasteiger partial charge in [0.05, 0.1) is 12.2 Å². The van der Waals surface area contributed by atoms with Crippen molar-refractivity contribution >= 4 is 11.6 Å². The zero-order valence-electron chi connectivity index (χ0n) is 13.9. The number of nitrogens with one attached hydrogen (secondary N) is 1. The van der Waals surface area contributed by atoms with Crippen LogP contribution in [0.25, 0.3) is 0 Å². The Morgan fingerprint density at radius 3 is 2.00 bits per heavy atom. The molecule has 0 heterocycles. The summed E-state index contributed by atoms with van der Waals surface area (Å²) in [5.74, 6) is -0.0124. The zero-order chi connectivity index (χ0) is 16.5. The van der Waals surface area contributed by atoms with E-state index in [1.165, 1.54) is 0 Å². The number of hydrazine groups is 1. The predicted octanol–water partition coefficient (Wildman–Crippen LogP) is 3.50. The molecule has 0 aliphatic carbocycles. The van der Waals surface area contributed by atoms with Crippen LogP contribution >= 0.6 is 0 Å². The molecular weight excluding hydrogens is 286 g/mol. The number of hydrogen-bond acceptors (Lipinski definition) is 3. The number of likely N-dealkylation sites (N-methyl/N-ethyl adjacent to an activating group) is 1. The number of rotatable bonds is 8. The van der Waals surface area contributed by atoms with Crippen molar-refractivity contribution in [2.45, 2.75) is 13.8 Å². The highest BCUT2D eigenvalue weighted by atomic mass is 16.2. The van der Waals surface area contributed by atoms with Crippen LogP contribution in [0.5, 0.6) is 0 Å². The van der Waals surface area contributed by atoms with Gasteiger partial charge in [0.1, 0.15) is 0 Å². The Morgan fingerprint density at radius 2 is 1.43 bits per heavy atom. The van der Waals surface area contributed by atoms with E-state index in [0.717, 1.165) is 25.3 Å². The lowest BCUT2D eigenvalue weighted by atomic mass is 10.2. The Hall–Kier alpha value is -2.33. The van der Waals surface area contributed by atoms with E-state index in [4.69, 9.17) is 0 Å². The maximum Gasteiger partial charge on any atom is 0.272 e. The van der Waals surface area contributed by atoms with E-state index in [9.17, 15) is 4.79 Å². The van der Waals surface area contributed by atoms with Crippen LogP contribution in [0.1, 0.15) is 24.2 Å². The third-order valence-corrected chi connectivity index (χ3v) is 3.84. The fraction of sp³-hybridized carbons (Fsp3) is 0.316. The Bertz CT molecular complexity index is 582. The van der Waals surface area contributed by atoms with Crippen molar-refractivity contribution in [1.82, 2.24) is 9.91 Å². The highest BCUT2D eigenvalue weighted by Crippen LogP contribution is 2.10. The first-order chi connectivity index (χ1) is 11.2. The number of para-hydroxylation sites is 1. The fourth-order valence-corrected chi connectivity index (χ4v) is 2.39. The summed E-state index contributed by atoms with van der Waals surface area (Å²) in [7, 11) is 0. The van der Waals surface area contributed by atoms with E-state index < -0.39 is 0 Å². The van der Waals surface area contributed by atoms with Gasteiger partial charge in [-0.3, -0.25) is 15.2 Å². The van der Waals surface area contributed by atoms with Gasteiger partial charge in [-0.05, 0) is 37.4 Å². The summed E-state index contributed by atoms with van der Waals surface area (Å²) in [5, 5.41) is 1.70. The van der Waals surface area contributed by atoms with Crippen LogP contribution in [0.4, 0.5) is 5.69 Å². The van der Waals surface area contributed by atoms with E-state index in [2.05, 4.69) is 24.2 Å². The molecule has 0 radical (unpaired) electrons. The summed E-state index contributed by atoms with van der Waals surface area (Å²) in [6, 6.07) is 19.2. The molecule has 2 rings (SSSR count). The van der Waals surface area contributed by atoms with E-state index in [-0.39, 0.29) is 5.91 Å². The topological polar surface area (TPSA) is 35.6 Å². The summed E-state index contributed by atoms with van der Waals surface area (Å²) in [6.45, 7) is 7.70. The molecule has 2 aromatic carbocycles. The van der Waals surface area contributed by atoms with Crippen molar-refractivity contribution in [1.29, 1.82) is 0 Å². The van der Waals surface area contributed by atoms with Gasteiger partial charge in [0.2, 0.25) is 0 Å². The Kier molecular flexibility index (Phi) is 6.63. The molecule has 0 aliphatic heterocycles. The Balaban J connectivity index is 2.12. The molecule has 0 aliphatic rings. The average Bonchev–Trinajstić information content (AvgIpc) is 2.62. The van der Waals surface area contributed by atoms with Crippen molar-refractivity contribution in [3.05, 3.63) is 66.2 Å². The molecule has 122 valence electrons.